The zero-order valence-corrected chi connectivity index (χ0v) is 17.4. The van der Waals surface area contributed by atoms with Crippen LogP contribution in [0.5, 0.6) is 0 Å². The molecule has 146 valence electrons. The molecule has 0 saturated carbocycles. The number of nitrogens with one attached hydrogen (secondary N) is 2. The molecule has 2 N–H and O–H groups in total. The number of anilines is 1. The van der Waals surface area contributed by atoms with Gasteiger partial charge in [-0.3, -0.25) is 9.59 Å². The molecule has 0 saturated heterocycles. The summed E-state index contributed by atoms with van der Waals surface area (Å²) < 4.78 is 1.76. The molecule has 3 rings (SSSR count). The number of amides is 2. The third-order valence-corrected chi connectivity index (χ3v) is 5.68. The third kappa shape index (κ3) is 5.09. The third-order valence-electron chi connectivity index (χ3n) is 3.72. The van der Waals surface area contributed by atoms with Gasteiger partial charge in [0.15, 0.2) is 16.1 Å². The molecule has 11 heteroatoms. The van der Waals surface area contributed by atoms with Crippen LogP contribution in [0, 0.1) is 0 Å². The number of hydrogen-bond acceptors (Lipinski definition) is 7. The van der Waals surface area contributed by atoms with E-state index < -0.39 is 0 Å². The van der Waals surface area contributed by atoms with E-state index in [0.717, 1.165) is 0 Å². The Morgan fingerprint density at radius 2 is 2.04 bits per heavy atom. The molecule has 1 unspecified atom stereocenters. The lowest BCUT2D eigenvalue weighted by molar-refractivity contribution is -0.113. The Labute approximate surface area is 174 Å². The molecule has 8 nitrogen and oxygen atoms in total. The summed E-state index contributed by atoms with van der Waals surface area (Å²) in [6.45, 7) is 1.82. The number of carbonyl (C=O) groups is 2. The summed E-state index contributed by atoms with van der Waals surface area (Å²) in [7, 11) is 1.79. The molecule has 0 bridgehead atoms. The molecule has 1 atom stereocenters. The second-order valence-corrected chi connectivity index (χ2v) is 8.05. The number of carbonyl (C=O) groups excluding carboxylic acids is 2. The van der Waals surface area contributed by atoms with Crippen molar-refractivity contribution in [2.75, 3.05) is 11.1 Å². The lowest BCUT2D eigenvalue weighted by atomic mass is 10.2. The van der Waals surface area contributed by atoms with E-state index >= 15 is 0 Å². The van der Waals surface area contributed by atoms with E-state index in [0.29, 0.717) is 26.7 Å². The van der Waals surface area contributed by atoms with Crippen molar-refractivity contribution in [3.8, 4) is 0 Å². The summed E-state index contributed by atoms with van der Waals surface area (Å²) in [6, 6.07) is 6.27. The smallest absolute Gasteiger partial charge is 0.251 e. The molecule has 2 aromatic heterocycles. The van der Waals surface area contributed by atoms with Crippen molar-refractivity contribution in [2.45, 2.75) is 18.1 Å². The fraction of sp³-hybridized carbons (Fsp3) is 0.235. The molecule has 0 aliphatic heterocycles. The first kappa shape index (κ1) is 20.3. The van der Waals surface area contributed by atoms with Crippen LogP contribution in [0.25, 0.3) is 0 Å². The number of hydrogen-bond donors (Lipinski definition) is 2. The van der Waals surface area contributed by atoms with E-state index in [1.165, 1.54) is 23.1 Å². The number of nitrogens with zero attached hydrogens (tertiary/aromatic N) is 4. The molecule has 1 aromatic carbocycles. The molecule has 2 amide bonds. The van der Waals surface area contributed by atoms with Gasteiger partial charge in [-0.05, 0) is 31.2 Å². The fourth-order valence-corrected chi connectivity index (χ4v) is 3.73. The maximum absolute atomic E-state index is 12.3. The highest BCUT2D eigenvalue weighted by molar-refractivity contribution is 7.99. The van der Waals surface area contributed by atoms with Crippen LogP contribution in [0.1, 0.15) is 29.1 Å². The molecule has 0 spiro atoms. The Hall–Kier alpha value is -2.43. The molecule has 0 fully saturated rings. The van der Waals surface area contributed by atoms with Crippen molar-refractivity contribution in [1.82, 2.24) is 25.1 Å². The highest BCUT2D eigenvalue weighted by atomic mass is 35.5. The van der Waals surface area contributed by atoms with Crippen LogP contribution in [-0.4, -0.2) is 37.3 Å². The number of halogens is 1. The summed E-state index contributed by atoms with van der Waals surface area (Å²) in [6.07, 6.45) is 1.63. The zero-order chi connectivity index (χ0) is 20.1. The Kier molecular flexibility index (Phi) is 6.65. The Balaban J connectivity index is 1.57. The highest BCUT2D eigenvalue weighted by Crippen LogP contribution is 2.20. The van der Waals surface area contributed by atoms with Gasteiger partial charge in [0.25, 0.3) is 5.91 Å². The maximum atomic E-state index is 12.3. The summed E-state index contributed by atoms with van der Waals surface area (Å²) in [5, 5.41) is 17.3. The molecular formula is C17H17ClN6O2S2. The van der Waals surface area contributed by atoms with Gasteiger partial charge >= 0.3 is 0 Å². The van der Waals surface area contributed by atoms with Gasteiger partial charge in [-0.1, -0.05) is 23.4 Å². The first-order chi connectivity index (χ1) is 13.4. The number of aromatic nitrogens is 4. The van der Waals surface area contributed by atoms with E-state index in [9.17, 15) is 9.59 Å². The quantitative estimate of drug-likeness (QED) is 0.551. The molecule has 0 aliphatic carbocycles. The average Bonchev–Trinajstić information content (AvgIpc) is 3.30. The molecular weight excluding hydrogens is 420 g/mol. The summed E-state index contributed by atoms with van der Waals surface area (Å²) in [5.74, 6) is 0.361. The molecule has 3 aromatic rings. The van der Waals surface area contributed by atoms with Crippen molar-refractivity contribution >= 4 is 51.6 Å². The maximum Gasteiger partial charge on any atom is 0.251 e. The van der Waals surface area contributed by atoms with Crippen LogP contribution in [0.3, 0.4) is 0 Å². The number of thioether (sulfide) groups is 1. The lowest BCUT2D eigenvalue weighted by Crippen LogP contribution is -2.28. The van der Waals surface area contributed by atoms with Gasteiger partial charge in [-0.25, -0.2) is 4.98 Å². The zero-order valence-electron chi connectivity index (χ0n) is 15.0. The van der Waals surface area contributed by atoms with Crippen molar-refractivity contribution in [2.24, 2.45) is 7.05 Å². The number of thiazole rings is 1. The minimum absolute atomic E-state index is 0.173. The van der Waals surface area contributed by atoms with Gasteiger partial charge in [0, 0.05) is 29.2 Å². The standard InChI is InChI=1S/C17H17ClN6O2S2/c1-10(20-15(26)11-3-5-12(18)6-4-11)14-22-23-17(24(14)2)28-9-13(25)21-16-19-7-8-27-16/h3-8,10H,9H2,1-2H3,(H,20,26)(H,19,21,25). The molecule has 0 radical (unpaired) electrons. The first-order valence-electron chi connectivity index (χ1n) is 8.22. The van der Waals surface area contributed by atoms with Crippen molar-refractivity contribution < 1.29 is 9.59 Å². The lowest BCUT2D eigenvalue weighted by Gasteiger charge is -2.13. The van der Waals surface area contributed by atoms with Gasteiger partial charge in [0.1, 0.15) is 0 Å². The van der Waals surface area contributed by atoms with Gasteiger partial charge < -0.3 is 15.2 Å². The Bertz CT molecular complexity index is 959. The van der Waals surface area contributed by atoms with E-state index in [-0.39, 0.29) is 23.6 Å². The second kappa shape index (κ2) is 9.18. The number of rotatable bonds is 7. The van der Waals surface area contributed by atoms with E-state index in [1.807, 2.05) is 6.92 Å². The van der Waals surface area contributed by atoms with E-state index in [1.54, 1.807) is 47.5 Å². The van der Waals surface area contributed by atoms with Crippen LogP contribution in [0.4, 0.5) is 5.13 Å². The van der Waals surface area contributed by atoms with Crippen LogP contribution in [0.15, 0.2) is 41.0 Å². The average molecular weight is 437 g/mol. The van der Waals surface area contributed by atoms with Crippen LogP contribution >= 0.6 is 34.7 Å². The normalized spacial score (nSPS) is 11.8. The molecule has 0 aliphatic rings. The fourth-order valence-electron chi connectivity index (χ4n) is 2.35. The van der Waals surface area contributed by atoms with Gasteiger partial charge in [-0.15, -0.1) is 21.5 Å². The van der Waals surface area contributed by atoms with E-state index in [2.05, 4.69) is 25.8 Å². The summed E-state index contributed by atoms with van der Waals surface area (Å²) in [5.41, 5.74) is 0.506. The largest absolute Gasteiger partial charge is 0.342 e. The summed E-state index contributed by atoms with van der Waals surface area (Å²) in [4.78, 5) is 28.3. The minimum atomic E-state index is -0.362. The summed E-state index contributed by atoms with van der Waals surface area (Å²) >= 11 is 8.46. The topological polar surface area (TPSA) is 102 Å². The SMILES string of the molecule is CC(NC(=O)c1ccc(Cl)cc1)c1nnc(SCC(=O)Nc2nccs2)n1C. The second-order valence-electron chi connectivity index (χ2n) is 5.78. The molecule has 2 heterocycles. The highest BCUT2D eigenvalue weighted by Gasteiger charge is 2.19. The van der Waals surface area contributed by atoms with Gasteiger partial charge in [-0.2, -0.15) is 0 Å². The van der Waals surface area contributed by atoms with Crippen molar-refractivity contribution in [3.63, 3.8) is 0 Å². The van der Waals surface area contributed by atoms with Crippen molar-refractivity contribution in [3.05, 3.63) is 52.3 Å². The van der Waals surface area contributed by atoms with Crippen LogP contribution in [-0.2, 0) is 11.8 Å². The van der Waals surface area contributed by atoms with Crippen LogP contribution < -0.4 is 10.6 Å². The minimum Gasteiger partial charge on any atom is -0.342 e. The van der Waals surface area contributed by atoms with Crippen LogP contribution in [0.2, 0.25) is 5.02 Å². The predicted octanol–water partition coefficient (Wildman–Crippen LogP) is 3.15. The monoisotopic (exact) mass is 436 g/mol. The Morgan fingerprint density at radius 1 is 1.29 bits per heavy atom. The predicted molar refractivity (Wildman–Crippen MR) is 110 cm³/mol. The Morgan fingerprint density at radius 3 is 2.71 bits per heavy atom. The van der Waals surface area contributed by atoms with Gasteiger partial charge in [0.2, 0.25) is 5.91 Å². The number of benzene rings is 1. The molecule has 28 heavy (non-hydrogen) atoms. The van der Waals surface area contributed by atoms with Crippen molar-refractivity contribution in [1.29, 1.82) is 0 Å². The first-order valence-corrected chi connectivity index (χ1v) is 10.5. The van der Waals surface area contributed by atoms with Gasteiger partial charge in [0.05, 0.1) is 11.8 Å². The van der Waals surface area contributed by atoms with E-state index in [4.69, 9.17) is 11.6 Å².